The number of hydrogen-bond acceptors (Lipinski definition) is 3. The maximum atomic E-state index is 12.4. The maximum Gasteiger partial charge on any atom is 0.261 e. The summed E-state index contributed by atoms with van der Waals surface area (Å²) in [6, 6.07) is 15.0. The van der Waals surface area contributed by atoms with Crippen LogP contribution in [0.3, 0.4) is 0 Å². The van der Waals surface area contributed by atoms with Crippen LogP contribution in [-0.2, 0) is 16.4 Å². The van der Waals surface area contributed by atoms with Gasteiger partial charge in [0.2, 0.25) is 0 Å². The first-order chi connectivity index (χ1) is 11.6. The Bertz CT molecular complexity index is 762. The highest BCUT2D eigenvalue weighted by Gasteiger charge is 2.15. The fraction of sp³-hybridized carbons (Fsp3) is 0.368. The van der Waals surface area contributed by atoms with Crippen LogP contribution in [0.4, 0.5) is 11.4 Å². The van der Waals surface area contributed by atoms with Gasteiger partial charge in [-0.25, -0.2) is 8.42 Å². The number of nitrogens with one attached hydrogen (secondary N) is 2. The first kappa shape index (κ1) is 16.8. The molecular weight excluding hydrogens is 320 g/mol. The summed E-state index contributed by atoms with van der Waals surface area (Å²) >= 11 is 0. The van der Waals surface area contributed by atoms with Gasteiger partial charge in [0, 0.05) is 17.4 Å². The molecule has 24 heavy (non-hydrogen) atoms. The van der Waals surface area contributed by atoms with Crippen molar-refractivity contribution in [3.63, 3.8) is 0 Å². The molecule has 128 valence electrons. The van der Waals surface area contributed by atoms with Crippen molar-refractivity contribution in [2.24, 2.45) is 0 Å². The molecule has 2 aromatic carbocycles. The average Bonchev–Trinajstić information content (AvgIpc) is 3.09. The van der Waals surface area contributed by atoms with Crippen LogP contribution < -0.4 is 10.0 Å². The van der Waals surface area contributed by atoms with E-state index < -0.39 is 10.0 Å². The molecule has 0 bridgehead atoms. The number of benzene rings is 2. The zero-order valence-corrected chi connectivity index (χ0v) is 14.8. The van der Waals surface area contributed by atoms with E-state index in [1.54, 1.807) is 24.3 Å². The zero-order chi connectivity index (χ0) is 17.0. The second kappa shape index (κ2) is 7.26. The molecule has 0 radical (unpaired) electrons. The normalized spacial score (nSPS) is 15.4. The van der Waals surface area contributed by atoms with E-state index in [0.717, 1.165) is 17.7 Å². The van der Waals surface area contributed by atoms with E-state index in [2.05, 4.69) is 10.0 Å². The quantitative estimate of drug-likeness (QED) is 0.816. The SMILES string of the molecule is CCc1ccc(S(=O)(=O)Nc2ccc(NC3CCCC3)cc2)cc1. The van der Waals surface area contributed by atoms with E-state index in [1.807, 2.05) is 31.2 Å². The summed E-state index contributed by atoms with van der Waals surface area (Å²) in [6.45, 7) is 2.04. The molecule has 5 heteroatoms. The van der Waals surface area contributed by atoms with Gasteiger partial charge >= 0.3 is 0 Å². The van der Waals surface area contributed by atoms with Crippen LogP contribution in [0.25, 0.3) is 0 Å². The first-order valence-electron chi connectivity index (χ1n) is 8.55. The van der Waals surface area contributed by atoms with Gasteiger partial charge in [-0.3, -0.25) is 4.72 Å². The summed E-state index contributed by atoms with van der Waals surface area (Å²) in [7, 11) is -3.54. The monoisotopic (exact) mass is 344 g/mol. The zero-order valence-electron chi connectivity index (χ0n) is 14.0. The number of sulfonamides is 1. The maximum absolute atomic E-state index is 12.4. The van der Waals surface area contributed by atoms with Crippen molar-refractivity contribution in [1.82, 2.24) is 0 Å². The third kappa shape index (κ3) is 4.09. The molecule has 2 aromatic rings. The Hall–Kier alpha value is -2.01. The van der Waals surface area contributed by atoms with Crippen LogP contribution in [0.2, 0.25) is 0 Å². The molecule has 0 aliphatic heterocycles. The van der Waals surface area contributed by atoms with Crippen LogP contribution in [0.1, 0.15) is 38.2 Å². The standard InChI is InChI=1S/C19H24N2O2S/c1-2-15-7-13-19(14-8-15)24(22,23)21-18-11-9-17(10-12-18)20-16-5-3-4-6-16/h7-14,16,20-21H,2-6H2,1H3. The highest BCUT2D eigenvalue weighted by atomic mass is 32.2. The second-order valence-electron chi connectivity index (χ2n) is 6.31. The second-order valence-corrected chi connectivity index (χ2v) is 7.99. The Balaban J connectivity index is 1.67. The van der Waals surface area contributed by atoms with E-state index >= 15 is 0 Å². The van der Waals surface area contributed by atoms with Crippen molar-refractivity contribution >= 4 is 21.4 Å². The minimum atomic E-state index is -3.54. The molecule has 0 atom stereocenters. The molecule has 1 aliphatic rings. The van der Waals surface area contributed by atoms with Gasteiger partial charge in [-0.05, 0) is 61.2 Å². The predicted molar refractivity (Wildman–Crippen MR) is 98.9 cm³/mol. The van der Waals surface area contributed by atoms with Gasteiger partial charge in [0.25, 0.3) is 10.0 Å². The van der Waals surface area contributed by atoms with Gasteiger partial charge in [0.15, 0.2) is 0 Å². The van der Waals surface area contributed by atoms with Gasteiger partial charge < -0.3 is 5.32 Å². The number of aryl methyl sites for hydroxylation is 1. The van der Waals surface area contributed by atoms with E-state index in [9.17, 15) is 8.42 Å². The summed E-state index contributed by atoms with van der Waals surface area (Å²) in [4.78, 5) is 0.285. The first-order valence-corrected chi connectivity index (χ1v) is 10.0. The smallest absolute Gasteiger partial charge is 0.261 e. The van der Waals surface area contributed by atoms with Crippen LogP contribution in [0.5, 0.6) is 0 Å². The van der Waals surface area contributed by atoms with Crippen LogP contribution in [0, 0.1) is 0 Å². The van der Waals surface area contributed by atoms with Crippen molar-refractivity contribution < 1.29 is 8.42 Å². The number of hydrogen-bond donors (Lipinski definition) is 2. The van der Waals surface area contributed by atoms with E-state index in [4.69, 9.17) is 0 Å². The molecular formula is C19H24N2O2S. The van der Waals surface area contributed by atoms with Crippen molar-refractivity contribution in [1.29, 1.82) is 0 Å². The summed E-state index contributed by atoms with van der Waals surface area (Å²) in [5.74, 6) is 0. The Morgan fingerprint density at radius 2 is 1.50 bits per heavy atom. The van der Waals surface area contributed by atoms with Crippen molar-refractivity contribution in [3.05, 3.63) is 54.1 Å². The lowest BCUT2D eigenvalue weighted by atomic mass is 10.2. The molecule has 4 nitrogen and oxygen atoms in total. The third-order valence-corrected chi connectivity index (χ3v) is 5.90. The molecule has 3 rings (SSSR count). The minimum absolute atomic E-state index is 0.285. The van der Waals surface area contributed by atoms with E-state index in [-0.39, 0.29) is 4.90 Å². The summed E-state index contributed by atoms with van der Waals surface area (Å²) < 4.78 is 27.5. The summed E-state index contributed by atoms with van der Waals surface area (Å²) in [6.07, 6.45) is 5.88. The van der Waals surface area contributed by atoms with Crippen molar-refractivity contribution in [2.75, 3.05) is 10.0 Å². The highest BCUT2D eigenvalue weighted by molar-refractivity contribution is 7.92. The van der Waals surface area contributed by atoms with Gasteiger partial charge in [-0.15, -0.1) is 0 Å². The lowest BCUT2D eigenvalue weighted by molar-refractivity contribution is 0.601. The number of anilines is 2. The van der Waals surface area contributed by atoms with E-state index in [1.165, 1.54) is 25.7 Å². The topological polar surface area (TPSA) is 58.2 Å². The van der Waals surface area contributed by atoms with Crippen molar-refractivity contribution in [2.45, 2.75) is 50.0 Å². The lowest BCUT2D eigenvalue weighted by Gasteiger charge is -2.14. The van der Waals surface area contributed by atoms with Gasteiger partial charge in [0.1, 0.15) is 0 Å². The molecule has 0 unspecified atom stereocenters. The Kier molecular flexibility index (Phi) is 5.09. The summed E-state index contributed by atoms with van der Waals surface area (Å²) in [5, 5.41) is 3.50. The van der Waals surface area contributed by atoms with Gasteiger partial charge in [0.05, 0.1) is 4.90 Å². The van der Waals surface area contributed by atoms with Crippen LogP contribution in [-0.4, -0.2) is 14.5 Å². The Morgan fingerprint density at radius 3 is 2.08 bits per heavy atom. The highest BCUT2D eigenvalue weighted by Crippen LogP contribution is 2.24. The fourth-order valence-corrected chi connectivity index (χ4v) is 4.12. The molecule has 1 aliphatic carbocycles. The predicted octanol–water partition coefficient (Wildman–Crippen LogP) is 4.40. The molecule has 0 spiro atoms. The largest absolute Gasteiger partial charge is 0.382 e. The molecule has 1 saturated carbocycles. The molecule has 0 heterocycles. The molecule has 0 saturated heterocycles. The van der Waals surface area contributed by atoms with Crippen molar-refractivity contribution in [3.8, 4) is 0 Å². The molecule has 1 fully saturated rings. The Morgan fingerprint density at radius 1 is 0.917 bits per heavy atom. The van der Waals surface area contributed by atoms with Gasteiger partial charge in [-0.2, -0.15) is 0 Å². The Labute approximate surface area is 144 Å². The molecule has 2 N–H and O–H groups in total. The van der Waals surface area contributed by atoms with E-state index in [0.29, 0.717) is 11.7 Å². The third-order valence-electron chi connectivity index (χ3n) is 4.50. The van der Waals surface area contributed by atoms with Crippen LogP contribution >= 0.6 is 0 Å². The summed E-state index contributed by atoms with van der Waals surface area (Å²) in [5.41, 5.74) is 2.74. The fourth-order valence-electron chi connectivity index (χ4n) is 3.06. The lowest BCUT2D eigenvalue weighted by Crippen LogP contribution is -2.15. The minimum Gasteiger partial charge on any atom is -0.382 e. The van der Waals surface area contributed by atoms with Gasteiger partial charge in [-0.1, -0.05) is 31.9 Å². The number of rotatable bonds is 6. The van der Waals surface area contributed by atoms with Crippen LogP contribution in [0.15, 0.2) is 53.4 Å². The average molecular weight is 344 g/mol. The molecule has 0 amide bonds. The molecule has 0 aromatic heterocycles.